The number of aromatic amines is 1. The summed E-state index contributed by atoms with van der Waals surface area (Å²) in [5.74, 6) is 0.327. The Morgan fingerprint density at radius 2 is 2.08 bits per heavy atom. The molecule has 2 aromatic rings. The third kappa shape index (κ3) is 4.04. The standard InChI is InChI=1S/C19H24N4O3/c1-12-6-5-7-13(10-12)17(24)20-16-14-8-9-23(11-15(14)21-22-16)18(25)26-19(2,3)4/h5-7,10H,8-9,11H2,1-4H3,(H2,20,21,22,24). The molecule has 0 bridgehead atoms. The smallest absolute Gasteiger partial charge is 0.410 e. The van der Waals surface area contributed by atoms with Crippen molar-refractivity contribution in [2.75, 3.05) is 11.9 Å². The van der Waals surface area contributed by atoms with E-state index in [1.165, 1.54) is 0 Å². The molecule has 1 aromatic heterocycles. The topological polar surface area (TPSA) is 87.3 Å². The maximum Gasteiger partial charge on any atom is 0.410 e. The zero-order valence-electron chi connectivity index (χ0n) is 15.5. The second-order valence-corrected chi connectivity index (χ2v) is 7.50. The number of hydrogen-bond acceptors (Lipinski definition) is 4. The van der Waals surface area contributed by atoms with Gasteiger partial charge in [0, 0.05) is 17.7 Å². The molecule has 0 radical (unpaired) electrons. The summed E-state index contributed by atoms with van der Waals surface area (Å²) in [5, 5.41) is 10.0. The Balaban J connectivity index is 1.69. The summed E-state index contributed by atoms with van der Waals surface area (Å²) < 4.78 is 5.42. The molecule has 3 rings (SSSR count). The largest absolute Gasteiger partial charge is 0.444 e. The van der Waals surface area contributed by atoms with Crippen LogP contribution in [0.1, 0.15) is 48.0 Å². The monoisotopic (exact) mass is 356 g/mol. The van der Waals surface area contributed by atoms with E-state index in [9.17, 15) is 9.59 Å². The minimum absolute atomic E-state index is 0.197. The lowest BCUT2D eigenvalue weighted by atomic mass is 10.1. The number of aryl methyl sites for hydroxylation is 1. The summed E-state index contributed by atoms with van der Waals surface area (Å²) in [6.45, 7) is 8.38. The van der Waals surface area contributed by atoms with Crippen LogP contribution in [0.25, 0.3) is 0 Å². The number of H-pyrrole nitrogens is 1. The van der Waals surface area contributed by atoms with Crippen molar-refractivity contribution in [3.8, 4) is 0 Å². The van der Waals surface area contributed by atoms with Crippen LogP contribution in [0.15, 0.2) is 24.3 Å². The number of nitrogens with one attached hydrogen (secondary N) is 2. The molecule has 0 unspecified atom stereocenters. The first kappa shape index (κ1) is 18.0. The van der Waals surface area contributed by atoms with Crippen LogP contribution in [-0.2, 0) is 17.7 Å². The molecule has 138 valence electrons. The normalized spacial score (nSPS) is 13.9. The van der Waals surface area contributed by atoms with E-state index in [1.807, 2.05) is 45.9 Å². The van der Waals surface area contributed by atoms with Gasteiger partial charge >= 0.3 is 6.09 Å². The first-order chi connectivity index (χ1) is 12.2. The summed E-state index contributed by atoms with van der Waals surface area (Å²) >= 11 is 0. The maximum atomic E-state index is 12.4. The number of hydrogen-bond donors (Lipinski definition) is 2. The molecule has 2 heterocycles. The molecular weight excluding hydrogens is 332 g/mol. The van der Waals surface area contributed by atoms with Crippen molar-refractivity contribution < 1.29 is 14.3 Å². The highest BCUT2D eigenvalue weighted by Gasteiger charge is 2.28. The van der Waals surface area contributed by atoms with E-state index < -0.39 is 5.60 Å². The summed E-state index contributed by atoms with van der Waals surface area (Å²) in [4.78, 5) is 26.3. The van der Waals surface area contributed by atoms with Crippen LogP contribution in [0.3, 0.4) is 0 Å². The SMILES string of the molecule is Cc1cccc(C(=O)Nc2n[nH]c3c2CCN(C(=O)OC(C)(C)C)C3)c1. The Labute approximate surface area is 152 Å². The number of nitrogens with zero attached hydrogens (tertiary/aromatic N) is 2. The van der Waals surface area contributed by atoms with Crippen molar-refractivity contribution in [1.82, 2.24) is 15.1 Å². The number of anilines is 1. The fraction of sp³-hybridized carbons (Fsp3) is 0.421. The van der Waals surface area contributed by atoms with Gasteiger partial charge < -0.3 is 15.0 Å². The van der Waals surface area contributed by atoms with Gasteiger partial charge in [-0.05, 0) is 46.2 Å². The quantitative estimate of drug-likeness (QED) is 0.864. The molecule has 0 atom stereocenters. The first-order valence-corrected chi connectivity index (χ1v) is 8.65. The highest BCUT2D eigenvalue weighted by atomic mass is 16.6. The number of rotatable bonds is 2. The first-order valence-electron chi connectivity index (χ1n) is 8.65. The van der Waals surface area contributed by atoms with Gasteiger partial charge in [0.15, 0.2) is 5.82 Å². The molecule has 2 amide bonds. The maximum absolute atomic E-state index is 12.4. The average molecular weight is 356 g/mol. The summed E-state index contributed by atoms with van der Waals surface area (Å²) in [7, 11) is 0. The Morgan fingerprint density at radius 1 is 1.31 bits per heavy atom. The van der Waals surface area contributed by atoms with Gasteiger partial charge in [0.25, 0.3) is 5.91 Å². The molecular formula is C19H24N4O3. The predicted octanol–water partition coefficient (Wildman–Crippen LogP) is 3.26. The van der Waals surface area contributed by atoms with Gasteiger partial charge in [0.1, 0.15) is 5.60 Å². The van der Waals surface area contributed by atoms with Crippen LogP contribution in [0.2, 0.25) is 0 Å². The lowest BCUT2D eigenvalue weighted by molar-refractivity contribution is 0.0221. The van der Waals surface area contributed by atoms with E-state index in [4.69, 9.17) is 4.74 Å². The van der Waals surface area contributed by atoms with Gasteiger partial charge in [0.05, 0.1) is 12.2 Å². The van der Waals surface area contributed by atoms with Crippen LogP contribution in [0, 0.1) is 6.92 Å². The Kier molecular flexibility index (Phi) is 4.71. The summed E-state index contributed by atoms with van der Waals surface area (Å²) in [6.07, 6.45) is 0.261. The van der Waals surface area contributed by atoms with Crippen molar-refractivity contribution in [2.24, 2.45) is 0 Å². The number of ether oxygens (including phenoxy) is 1. The molecule has 26 heavy (non-hydrogen) atoms. The molecule has 7 heteroatoms. The van der Waals surface area contributed by atoms with E-state index in [2.05, 4.69) is 15.5 Å². The molecule has 7 nitrogen and oxygen atoms in total. The van der Waals surface area contributed by atoms with Gasteiger partial charge in [-0.1, -0.05) is 17.7 Å². The Morgan fingerprint density at radius 3 is 2.77 bits per heavy atom. The van der Waals surface area contributed by atoms with Gasteiger partial charge in [-0.3, -0.25) is 9.89 Å². The number of benzene rings is 1. The fourth-order valence-corrected chi connectivity index (χ4v) is 2.87. The van der Waals surface area contributed by atoms with Gasteiger partial charge in [-0.15, -0.1) is 0 Å². The third-order valence-electron chi connectivity index (χ3n) is 4.10. The van der Waals surface area contributed by atoms with E-state index in [0.717, 1.165) is 16.8 Å². The van der Waals surface area contributed by atoms with Crippen LogP contribution in [-0.4, -0.2) is 39.2 Å². The highest BCUT2D eigenvalue weighted by Crippen LogP contribution is 2.25. The zero-order valence-corrected chi connectivity index (χ0v) is 15.5. The van der Waals surface area contributed by atoms with Gasteiger partial charge in [-0.2, -0.15) is 5.10 Å². The Hall–Kier alpha value is -2.83. The number of carbonyl (C=O) groups is 2. The van der Waals surface area contributed by atoms with Crippen molar-refractivity contribution in [1.29, 1.82) is 0 Å². The molecule has 0 fully saturated rings. The molecule has 0 saturated heterocycles. The number of carbonyl (C=O) groups excluding carboxylic acids is 2. The molecule has 0 aliphatic carbocycles. The second kappa shape index (κ2) is 6.82. The van der Waals surface area contributed by atoms with Gasteiger partial charge in [-0.25, -0.2) is 4.79 Å². The molecule has 1 aliphatic heterocycles. The highest BCUT2D eigenvalue weighted by molar-refractivity contribution is 6.04. The number of aromatic nitrogens is 2. The van der Waals surface area contributed by atoms with E-state index >= 15 is 0 Å². The Bertz CT molecular complexity index is 836. The van der Waals surface area contributed by atoms with Crippen molar-refractivity contribution in [3.63, 3.8) is 0 Å². The summed E-state index contributed by atoms with van der Waals surface area (Å²) in [6, 6.07) is 7.39. The summed E-state index contributed by atoms with van der Waals surface area (Å²) in [5.41, 5.74) is 2.84. The van der Waals surface area contributed by atoms with Gasteiger partial charge in [0.2, 0.25) is 0 Å². The van der Waals surface area contributed by atoms with Crippen molar-refractivity contribution in [3.05, 3.63) is 46.6 Å². The van der Waals surface area contributed by atoms with E-state index in [0.29, 0.717) is 30.9 Å². The van der Waals surface area contributed by atoms with Crippen molar-refractivity contribution >= 4 is 17.8 Å². The fourth-order valence-electron chi connectivity index (χ4n) is 2.87. The predicted molar refractivity (Wildman–Crippen MR) is 98.1 cm³/mol. The lowest BCUT2D eigenvalue weighted by Gasteiger charge is -2.29. The molecule has 0 spiro atoms. The second-order valence-electron chi connectivity index (χ2n) is 7.50. The average Bonchev–Trinajstić information content (AvgIpc) is 2.95. The van der Waals surface area contributed by atoms with E-state index in [1.54, 1.807) is 11.0 Å². The molecule has 1 aromatic carbocycles. The zero-order chi connectivity index (χ0) is 18.9. The molecule has 1 aliphatic rings. The molecule has 0 saturated carbocycles. The lowest BCUT2D eigenvalue weighted by Crippen LogP contribution is -2.39. The van der Waals surface area contributed by atoms with Crippen LogP contribution in [0.5, 0.6) is 0 Å². The van der Waals surface area contributed by atoms with Crippen LogP contribution < -0.4 is 5.32 Å². The number of amides is 2. The molecule has 2 N–H and O–H groups in total. The number of fused-ring (bicyclic) bond motifs is 1. The van der Waals surface area contributed by atoms with Crippen molar-refractivity contribution in [2.45, 2.75) is 46.3 Å². The van der Waals surface area contributed by atoms with E-state index in [-0.39, 0.29) is 12.0 Å². The van der Waals surface area contributed by atoms with Crippen LogP contribution >= 0.6 is 0 Å². The van der Waals surface area contributed by atoms with Crippen LogP contribution in [0.4, 0.5) is 10.6 Å². The minimum atomic E-state index is -0.529. The minimum Gasteiger partial charge on any atom is -0.444 e. The third-order valence-corrected chi connectivity index (χ3v) is 4.10.